The van der Waals surface area contributed by atoms with Gasteiger partial charge in [0, 0.05) is 11.8 Å². The molecule has 0 aromatic heterocycles. The Morgan fingerprint density at radius 3 is 2.31 bits per heavy atom. The van der Waals surface area contributed by atoms with Crippen LogP contribution in [-0.2, 0) is 9.59 Å². The van der Waals surface area contributed by atoms with Crippen LogP contribution in [0.2, 0.25) is 0 Å². The highest BCUT2D eigenvalue weighted by atomic mass is 16.1. The Kier molecular flexibility index (Phi) is 9.10. The number of aldehydes is 2. The van der Waals surface area contributed by atoms with E-state index in [0.717, 1.165) is 51.3 Å². The first-order chi connectivity index (χ1) is 7.63. The van der Waals surface area contributed by atoms with Crippen molar-refractivity contribution < 1.29 is 9.59 Å². The number of hydrogen-bond donors (Lipinski definition) is 0. The standard InChI is InChI=1S/C13H25NO2/c1-4-14(3)9-8-13(11-16)7-5-6-12(2)10-15/h10-13H,4-9H2,1-3H3. The van der Waals surface area contributed by atoms with Crippen molar-refractivity contribution in [2.75, 3.05) is 20.1 Å². The van der Waals surface area contributed by atoms with E-state index in [4.69, 9.17) is 0 Å². The van der Waals surface area contributed by atoms with Gasteiger partial charge in [-0.1, -0.05) is 20.3 Å². The number of rotatable bonds is 10. The molecular formula is C13H25NO2. The van der Waals surface area contributed by atoms with Crippen molar-refractivity contribution in [3.8, 4) is 0 Å². The molecular weight excluding hydrogens is 202 g/mol. The minimum absolute atomic E-state index is 0.130. The number of hydrogen-bond acceptors (Lipinski definition) is 3. The first-order valence-corrected chi connectivity index (χ1v) is 6.23. The summed E-state index contributed by atoms with van der Waals surface area (Å²) in [4.78, 5) is 23.5. The number of carbonyl (C=O) groups is 2. The van der Waals surface area contributed by atoms with Gasteiger partial charge in [-0.3, -0.25) is 0 Å². The molecule has 94 valence electrons. The van der Waals surface area contributed by atoms with E-state index in [-0.39, 0.29) is 11.8 Å². The van der Waals surface area contributed by atoms with Crippen molar-refractivity contribution in [3.05, 3.63) is 0 Å². The molecule has 0 aromatic rings. The van der Waals surface area contributed by atoms with Crippen LogP contribution in [0.5, 0.6) is 0 Å². The van der Waals surface area contributed by atoms with Gasteiger partial charge in [-0.15, -0.1) is 0 Å². The third-order valence-corrected chi connectivity index (χ3v) is 3.08. The van der Waals surface area contributed by atoms with Crippen LogP contribution in [0.3, 0.4) is 0 Å². The van der Waals surface area contributed by atoms with E-state index in [2.05, 4.69) is 18.9 Å². The summed E-state index contributed by atoms with van der Waals surface area (Å²) in [6.07, 6.45) is 5.77. The second-order valence-electron chi connectivity index (χ2n) is 4.63. The first kappa shape index (κ1) is 15.3. The Balaban J connectivity index is 3.66. The van der Waals surface area contributed by atoms with E-state index in [9.17, 15) is 9.59 Å². The maximum absolute atomic E-state index is 10.9. The summed E-state index contributed by atoms with van der Waals surface area (Å²) in [7, 11) is 2.07. The zero-order valence-electron chi connectivity index (χ0n) is 10.8. The van der Waals surface area contributed by atoms with Gasteiger partial charge in [0.1, 0.15) is 12.6 Å². The van der Waals surface area contributed by atoms with Crippen molar-refractivity contribution in [1.29, 1.82) is 0 Å². The molecule has 0 heterocycles. The van der Waals surface area contributed by atoms with Crippen LogP contribution in [0.1, 0.15) is 39.5 Å². The molecule has 0 aliphatic carbocycles. The number of carbonyl (C=O) groups excluding carboxylic acids is 2. The van der Waals surface area contributed by atoms with Crippen LogP contribution >= 0.6 is 0 Å². The lowest BCUT2D eigenvalue weighted by molar-refractivity contribution is -0.111. The second-order valence-corrected chi connectivity index (χ2v) is 4.63. The lowest BCUT2D eigenvalue weighted by Gasteiger charge is -2.16. The zero-order chi connectivity index (χ0) is 12.4. The van der Waals surface area contributed by atoms with Gasteiger partial charge in [-0.2, -0.15) is 0 Å². The molecule has 0 radical (unpaired) electrons. The average molecular weight is 227 g/mol. The third-order valence-electron chi connectivity index (χ3n) is 3.08. The Morgan fingerprint density at radius 2 is 1.81 bits per heavy atom. The molecule has 2 unspecified atom stereocenters. The van der Waals surface area contributed by atoms with Crippen LogP contribution in [0.25, 0.3) is 0 Å². The highest BCUT2D eigenvalue weighted by Gasteiger charge is 2.09. The zero-order valence-corrected chi connectivity index (χ0v) is 10.8. The summed E-state index contributed by atoms with van der Waals surface area (Å²) in [5.41, 5.74) is 0. The Morgan fingerprint density at radius 1 is 1.12 bits per heavy atom. The first-order valence-electron chi connectivity index (χ1n) is 6.23. The fraction of sp³-hybridized carbons (Fsp3) is 0.846. The number of nitrogens with zero attached hydrogens (tertiary/aromatic N) is 1. The fourth-order valence-corrected chi connectivity index (χ4v) is 1.59. The molecule has 0 fully saturated rings. The highest BCUT2D eigenvalue weighted by molar-refractivity contribution is 5.53. The van der Waals surface area contributed by atoms with E-state index in [1.807, 2.05) is 6.92 Å². The van der Waals surface area contributed by atoms with E-state index in [1.54, 1.807) is 0 Å². The smallest absolute Gasteiger partial charge is 0.123 e. The van der Waals surface area contributed by atoms with Crippen LogP contribution in [0, 0.1) is 11.8 Å². The summed E-state index contributed by atoms with van der Waals surface area (Å²) < 4.78 is 0. The summed E-state index contributed by atoms with van der Waals surface area (Å²) in [5, 5.41) is 0. The second kappa shape index (κ2) is 9.52. The van der Waals surface area contributed by atoms with Gasteiger partial charge in [0.15, 0.2) is 0 Å². The molecule has 0 amide bonds. The van der Waals surface area contributed by atoms with Crippen molar-refractivity contribution in [1.82, 2.24) is 4.90 Å². The Bertz CT molecular complexity index is 194. The predicted molar refractivity (Wildman–Crippen MR) is 66.4 cm³/mol. The molecule has 0 aromatic carbocycles. The van der Waals surface area contributed by atoms with Gasteiger partial charge >= 0.3 is 0 Å². The molecule has 0 bridgehead atoms. The molecule has 16 heavy (non-hydrogen) atoms. The summed E-state index contributed by atoms with van der Waals surface area (Å²) >= 11 is 0. The maximum Gasteiger partial charge on any atom is 0.123 e. The maximum atomic E-state index is 10.9. The van der Waals surface area contributed by atoms with Crippen LogP contribution in [0.15, 0.2) is 0 Å². The monoisotopic (exact) mass is 227 g/mol. The quantitative estimate of drug-likeness (QED) is 0.537. The molecule has 3 heteroatoms. The highest BCUT2D eigenvalue weighted by Crippen LogP contribution is 2.13. The minimum atomic E-state index is 0.130. The van der Waals surface area contributed by atoms with Crippen molar-refractivity contribution in [2.45, 2.75) is 39.5 Å². The normalized spacial score (nSPS) is 14.8. The molecule has 0 N–H and O–H groups in total. The van der Waals surface area contributed by atoms with Gasteiger partial charge in [0.05, 0.1) is 0 Å². The topological polar surface area (TPSA) is 37.4 Å². The molecule has 0 saturated heterocycles. The van der Waals surface area contributed by atoms with Crippen LogP contribution < -0.4 is 0 Å². The Hall–Kier alpha value is -0.700. The van der Waals surface area contributed by atoms with E-state index in [0.29, 0.717) is 0 Å². The van der Waals surface area contributed by atoms with Gasteiger partial charge < -0.3 is 14.5 Å². The lowest BCUT2D eigenvalue weighted by atomic mass is 9.96. The van der Waals surface area contributed by atoms with E-state index < -0.39 is 0 Å². The summed E-state index contributed by atoms with van der Waals surface area (Å²) in [6.45, 7) is 6.03. The molecule has 0 spiro atoms. The fourth-order valence-electron chi connectivity index (χ4n) is 1.59. The summed E-state index contributed by atoms with van der Waals surface area (Å²) in [6, 6.07) is 0. The largest absolute Gasteiger partial charge is 0.307 e. The lowest BCUT2D eigenvalue weighted by Crippen LogP contribution is -2.21. The molecule has 0 saturated carbocycles. The van der Waals surface area contributed by atoms with Gasteiger partial charge in [0.2, 0.25) is 0 Å². The van der Waals surface area contributed by atoms with Crippen LogP contribution in [0.4, 0.5) is 0 Å². The van der Waals surface area contributed by atoms with Gasteiger partial charge in [-0.05, 0) is 39.4 Å². The van der Waals surface area contributed by atoms with Crippen molar-refractivity contribution in [2.24, 2.45) is 11.8 Å². The molecule has 3 nitrogen and oxygen atoms in total. The SMILES string of the molecule is CCN(C)CCC(C=O)CCCC(C)C=O. The minimum Gasteiger partial charge on any atom is -0.307 e. The van der Waals surface area contributed by atoms with E-state index >= 15 is 0 Å². The molecule has 0 aliphatic heterocycles. The van der Waals surface area contributed by atoms with Crippen molar-refractivity contribution in [3.63, 3.8) is 0 Å². The summed E-state index contributed by atoms with van der Waals surface area (Å²) in [5.74, 6) is 0.290. The van der Waals surface area contributed by atoms with Gasteiger partial charge in [-0.25, -0.2) is 0 Å². The van der Waals surface area contributed by atoms with Gasteiger partial charge in [0.25, 0.3) is 0 Å². The van der Waals surface area contributed by atoms with Crippen molar-refractivity contribution >= 4 is 12.6 Å². The third kappa shape index (κ3) is 7.57. The molecule has 0 rings (SSSR count). The Labute approximate surface area is 99.2 Å². The molecule has 0 aliphatic rings. The van der Waals surface area contributed by atoms with Crippen LogP contribution in [-0.4, -0.2) is 37.6 Å². The molecule has 2 atom stereocenters. The predicted octanol–water partition coefficient (Wildman–Crippen LogP) is 2.15. The average Bonchev–Trinajstić information content (AvgIpc) is 2.32. The van der Waals surface area contributed by atoms with E-state index in [1.165, 1.54) is 0 Å².